The number of carbonyl (C=O) groups excluding carboxylic acids is 5. The summed E-state index contributed by atoms with van der Waals surface area (Å²) in [6.07, 6.45) is 4.44. The van der Waals surface area contributed by atoms with E-state index >= 15 is 0 Å². The van der Waals surface area contributed by atoms with Crippen LogP contribution in [0.5, 0.6) is 11.8 Å². The van der Waals surface area contributed by atoms with Crippen LogP contribution in [0.25, 0.3) is 0 Å². The molecule has 42 heavy (non-hydrogen) atoms. The van der Waals surface area contributed by atoms with Crippen molar-refractivity contribution in [1.82, 2.24) is 36.0 Å². The van der Waals surface area contributed by atoms with Gasteiger partial charge < -0.3 is 41.3 Å². The Morgan fingerprint density at radius 2 is 1.62 bits per heavy atom. The maximum absolute atomic E-state index is 13.3. The molecule has 4 atom stereocenters. The van der Waals surface area contributed by atoms with Crippen molar-refractivity contribution < 1.29 is 39.0 Å². The maximum atomic E-state index is 13.3. The summed E-state index contributed by atoms with van der Waals surface area (Å²) in [6, 6.07) is 0.334. The van der Waals surface area contributed by atoms with Crippen LogP contribution in [0, 0.1) is 17.8 Å². The van der Waals surface area contributed by atoms with Gasteiger partial charge in [-0.05, 0) is 18.3 Å². The number of hydrogen-bond donors (Lipinski definition) is 7. The lowest BCUT2D eigenvalue weighted by atomic mass is 9.95. The molecule has 15 heteroatoms. The fraction of sp³-hybridized carbons (Fsp3) is 0.556. The molecule has 2 aromatic rings. The van der Waals surface area contributed by atoms with Gasteiger partial charge in [-0.2, -0.15) is 0 Å². The van der Waals surface area contributed by atoms with Crippen LogP contribution in [0.4, 0.5) is 0 Å². The Morgan fingerprint density at radius 1 is 0.952 bits per heavy atom. The Kier molecular flexibility index (Phi) is 12.8. The van der Waals surface area contributed by atoms with Gasteiger partial charge in [-0.15, -0.1) is 4.73 Å². The summed E-state index contributed by atoms with van der Waals surface area (Å²) in [5.74, 6) is -4.83. The van der Waals surface area contributed by atoms with Crippen molar-refractivity contribution >= 4 is 29.6 Å². The third-order valence-corrected chi connectivity index (χ3v) is 6.51. The molecule has 0 aliphatic carbocycles. The largest absolute Gasteiger partial charge is 0.492 e. The molecule has 0 saturated carbocycles. The Balaban J connectivity index is 1.94. The number of imidazole rings is 1. The summed E-state index contributed by atoms with van der Waals surface area (Å²) in [5.41, 5.74) is 0.788. The molecule has 0 saturated heterocycles. The first-order chi connectivity index (χ1) is 19.8. The van der Waals surface area contributed by atoms with E-state index in [2.05, 4.69) is 31.2 Å². The van der Waals surface area contributed by atoms with Gasteiger partial charge in [0.1, 0.15) is 18.6 Å². The number of aromatic nitrogens is 3. The number of carbonyl (C=O) groups is 5. The maximum Gasteiger partial charge on any atom is 0.352 e. The van der Waals surface area contributed by atoms with E-state index in [0.29, 0.717) is 17.6 Å². The summed E-state index contributed by atoms with van der Waals surface area (Å²) < 4.78 is 0.477. The van der Waals surface area contributed by atoms with Gasteiger partial charge in [0.2, 0.25) is 35.4 Å². The molecule has 2 rings (SSSR count). The quantitative estimate of drug-likeness (QED) is 0.137. The number of amides is 4. The summed E-state index contributed by atoms with van der Waals surface area (Å²) in [7, 11) is 0. The Hall–Kier alpha value is -4.56. The molecule has 0 spiro atoms. The van der Waals surface area contributed by atoms with E-state index in [0.717, 1.165) is 17.8 Å². The van der Waals surface area contributed by atoms with Crippen LogP contribution in [0.1, 0.15) is 53.2 Å². The standard InChI is InChI=1S/C27H41N7O8/c1-6-16(4)24(33-25(39)17(5)10-18-11-28-14-31-18)27(41)32-19(9-15(2)3)26(40)30-12-20(35)29-13-23(38)42-34-21(36)7-8-22(34)37/h7-8,11,14-17,19,24,36-37H,6,9-10,12-13H2,1-5H3,(H,28,31)(H,29,35)(H,30,40)(H,32,41)(H,33,39)/t16?,17-,19?,24-/m0/s1. The normalized spacial score (nSPS) is 13.9. The highest BCUT2D eigenvalue weighted by molar-refractivity contribution is 5.94. The third-order valence-electron chi connectivity index (χ3n) is 6.51. The van der Waals surface area contributed by atoms with Crippen molar-refractivity contribution in [3.05, 3.63) is 30.4 Å². The van der Waals surface area contributed by atoms with E-state index in [1.807, 2.05) is 27.7 Å². The lowest BCUT2D eigenvalue weighted by molar-refractivity contribution is -0.145. The number of hydrogen-bond acceptors (Lipinski definition) is 9. The zero-order valence-corrected chi connectivity index (χ0v) is 24.5. The fourth-order valence-electron chi connectivity index (χ4n) is 3.93. The second kappa shape index (κ2) is 16.0. The molecule has 0 aliphatic heterocycles. The number of aromatic hydroxyl groups is 2. The number of nitrogens with zero attached hydrogens (tertiary/aromatic N) is 2. The molecule has 0 aromatic carbocycles. The highest BCUT2D eigenvalue weighted by Crippen LogP contribution is 2.18. The van der Waals surface area contributed by atoms with Gasteiger partial charge in [0.15, 0.2) is 0 Å². The molecule has 232 valence electrons. The molecule has 15 nitrogen and oxygen atoms in total. The van der Waals surface area contributed by atoms with Crippen molar-refractivity contribution in [2.75, 3.05) is 13.1 Å². The third kappa shape index (κ3) is 10.4. The van der Waals surface area contributed by atoms with Crippen molar-refractivity contribution in [3.8, 4) is 11.8 Å². The minimum atomic E-state index is -0.988. The van der Waals surface area contributed by atoms with E-state index in [1.165, 1.54) is 6.33 Å². The number of aromatic amines is 1. The SMILES string of the molecule is CCC(C)[C@H](NC(=O)[C@@H](C)Cc1cnc[nH]1)C(=O)NC(CC(C)C)C(=O)NCC(=O)NCC(=O)On1c(O)ccc1O. The van der Waals surface area contributed by atoms with E-state index in [-0.39, 0.29) is 24.2 Å². The van der Waals surface area contributed by atoms with E-state index in [1.54, 1.807) is 13.1 Å². The van der Waals surface area contributed by atoms with Gasteiger partial charge in [-0.3, -0.25) is 19.2 Å². The summed E-state index contributed by atoms with van der Waals surface area (Å²) in [6.45, 7) is 8.11. The van der Waals surface area contributed by atoms with E-state index in [4.69, 9.17) is 4.84 Å². The highest BCUT2D eigenvalue weighted by Gasteiger charge is 2.31. The fourth-order valence-corrected chi connectivity index (χ4v) is 3.93. The number of rotatable bonds is 16. The van der Waals surface area contributed by atoms with Crippen LogP contribution in [0.2, 0.25) is 0 Å². The molecule has 0 aliphatic rings. The molecular formula is C27H41N7O8. The predicted octanol–water partition coefficient (Wildman–Crippen LogP) is -0.249. The van der Waals surface area contributed by atoms with E-state index < -0.39 is 66.5 Å². The molecule has 4 amide bonds. The van der Waals surface area contributed by atoms with Gasteiger partial charge in [-0.1, -0.05) is 41.0 Å². The molecule has 7 N–H and O–H groups in total. The van der Waals surface area contributed by atoms with Crippen LogP contribution >= 0.6 is 0 Å². The van der Waals surface area contributed by atoms with E-state index in [9.17, 15) is 34.2 Å². The van der Waals surface area contributed by atoms with Crippen LogP contribution in [-0.4, -0.2) is 79.7 Å². The lowest BCUT2D eigenvalue weighted by Crippen LogP contribution is -2.57. The zero-order chi connectivity index (χ0) is 31.4. The minimum absolute atomic E-state index is 0.0113. The Bertz CT molecular complexity index is 1190. The average Bonchev–Trinajstić information content (AvgIpc) is 3.57. The summed E-state index contributed by atoms with van der Waals surface area (Å²) >= 11 is 0. The second-order valence-electron chi connectivity index (χ2n) is 10.5. The van der Waals surface area contributed by atoms with Gasteiger partial charge in [0, 0.05) is 36.4 Å². The first-order valence-electron chi connectivity index (χ1n) is 13.8. The van der Waals surface area contributed by atoms with Gasteiger partial charge in [0.05, 0.1) is 12.9 Å². The first-order valence-corrected chi connectivity index (χ1v) is 13.8. The van der Waals surface area contributed by atoms with Gasteiger partial charge in [-0.25, -0.2) is 9.78 Å². The first kappa shape index (κ1) is 33.6. The van der Waals surface area contributed by atoms with Crippen molar-refractivity contribution in [3.63, 3.8) is 0 Å². The molecule has 0 radical (unpaired) electrons. The highest BCUT2D eigenvalue weighted by atomic mass is 16.7. The summed E-state index contributed by atoms with van der Waals surface area (Å²) in [5, 5.41) is 29.3. The number of H-pyrrole nitrogens is 1. The average molecular weight is 592 g/mol. The predicted molar refractivity (Wildman–Crippen MR) is 150 cm³/mol. The lowest BCUT2D eigenvalue weighted by Gasteiger charge is -2.28. The van der Waals surface area contributed by atoms with Crippen LogP contribution in [0.15, 0.2) is 24.7 Å². The molecule has 2 heterocycles. The topological polar surface area (TPSA) is 217 Å². The molecule has 0 fully saturated rings. The summed E-state index contributed by atoms with van der Waals surface area (Å²) in [4.78, 5) is 74.9. The monoisotopic (exact) mass is 591 g/mol. The van der Waals surface area contributed by atoms with Crippen molar-refractivity contribution in [2.24, 2.45) is 17.8 Å². The number of nitrogens with one attached hydrogen (secondary N) is 5. The molecule has 0 bridgehead atoms. The van der Waals surface area contributed by atoms with Crippen LogP contribution < -0.4 is 26.1 Å². The minimum Gasteiger partial charge on any atom is -0.492 e. The van der Waals surface area contributed by atoms with Crippen molar-refractivity contribution in [1.29, 1.82) is 0 Å². The second-order valence-corrected chi connectivity index (χ2v) is 10.5. The Labute approximate surface area is 243 Å². The smallest absolute Gasteiger partial charge is 0.352 e. The zero-order valence-electron chi connectivity index (χ0n) is 24.5. The van der Waals surface area contributed by atoms with Crippen LogP contribution in [-0.2, 0) is 30.4 Å². The Morgan fingerprint density at radius 3 is 2.19 bits per heavy atom. The van der Waals surface area contributed by atoms with Gasteiger partial charge >= 0.3 is 5.97 Å². The molecule has 2 aromatic heterocycles. The molecular weight excluding hydrogens is 550 g/mol. The van der Waals surface area contributed by atoms with Crippen LogP contribution in [0.3, 0.4) is 0 Å². The molecule has 2 unspecified atom stereocenters. The van der Waals surface area contributed by atoms with Gasteiger partial charge in [0.25, 0.3) is 0 Å². The van der Waals surface area contributed by atoms with Crippen molar-refractivity contribution in [2.45, 2.75) is 66.0 Å².